The standard InChI is InChI=1S/C14H21N3O2/c1-2-3-8-14(18)17-10-5-6-12(11-17)19-13-7-4-9-15-16-13/h4,7,9,12H,2-3,5-6,8,10-11H2,1H3. The summed E-state index contributed by atoms with van der Waals surface area (Å²) in [6.45, 7) is 3.62. The molecule has 19 heavy (non-hydrogen) atoms. The number of carbonyl (C=O) groups is 1. The third-order valence-electron chi connectivity index (χ3n) is 3.31. The molecule has 0 aliphatic carbocycles. The molecule has 0 aromatic carbocycles. The van der Waals surface area contributed by atoms with Crippen LogP contribution in [0.4, 0.5) is 0 Å². The van der Waals surface area contributed by atoms with Crippen molar-refractivity contribution in [2.24, 2.45) is 0 Å². The minimum atomic E-state index is 0.0380. The highest BCUT2D eigenvalue weighted by Gasteiger charge is 2.24. The van der Waals surface area contributed by atoms with Crippen molar-refractivity contribution in [1.29, 1.82) is 0 Å². The van der Waals surface area contributed by atoms with E-state index in [1.165, 1.54) is 0 Å². The quantitative estimate of drug-likeness (QED) is 0.815. The maximum atomic E-state index is 12.0. The van der Waals surface area contributed by atoms with Crippen LogP contribution >= 0.6 is 0 Å². The van der Waals surface area contributed by atoms with E-state index in [4.69, 9.17) is 4.74 Å². The molecule has 1 unspecified atom stereocenters. The summed E-state index contributed by atoms with van der Waals surface area (Å²) in [5, 5.41) is 7.71. The number of hydrogen-bond acceptors (Lipinski definition) is 4. The number of rotatable bonds is 5. The third kappa shape index (κ3) is 4.19. The second-order valence-corrected chi connectivity index (χ2v) is 4.89. The molecule has 1 aromatic rings. The fraction of sp³-hybridized carbons (Fsp3) is 0.643. The van der Waals surface area contributed by atoms with Gasteiger partial charge >= 0.3 is 0 Å². The smallest absolute Gasteiger partial charge is 0.233 e. The molecule has 1 aliphatic heterocycles. The molecule has 0 spiro atoms. The van der Waals surface area contributed by atoms with E-state index in [-0.39, 0.29) is 12.0 Å². The predicted molar refractivity (Wildman–Crippen MR) is 71.8 cm³/mol. The molecule has 1 fully saturated rings. The molecule has 0 bridgehead atoms. The van der Waals surface area contributed by atoms with Crippen LogP contribution in [-0.2, 0) is 4.79 Å². The number of nitrogens with zero attached hydrogens (tertiary/aromatic N) is 3. The number of likely N-dealkylation sites (tertiary alicyclic amines) is 1. The minimum Gasteiger partial charge on any atom is -0.471 e. The van der Waals surface area contributed by atoms with Crippen molar-refractivity contribution in [3.05, 3.63) is 18.3 Å². The molecule has 5 heteroatoms. The van der Waals surface area contributed by atoms with Gasteiger partial charge in [-0.1, -0.05) is 13.3 Å². The average molecular weight is 263 g/mol. The largest absolute Gasteiger partial charge is 0.471 e. The Hall–Kier alpha value is -1.65. The number of aromatic nitrogens is 2. The molecule has 1 aliphatic rings. The Balaban J connectivity index is 1.85. The molecule has 1 aromatic heterocycles. The summed E-state index contributed by atoms with van der Waals surface area (Å²) in [5.74, 6) is 0.782. The molecule has 0 N–H and O–H groups in total. The minimum absolute atomic E-state index is 0.0380. The topological polar surface area (TPSA) is 55.3 Å². The van der Waals surface area contributed by atoms with Gasteiger partial charge < -0.3 is 9.64 Å². The fourth-order valence-corrected chi connectivity index (χ4v) is 2.27. The lowest BCUT2D eigenvalue weighted by molar-refractivity contribution is -0.134. The van der Waals surface area contributed by atoms with E-state index in [9.17, 15) is 4.79 Å². The molecule has 1 amide bonds. The molecule has 1 saturated heterocycles. The Morgan fingerprint density at radius 1 is 1.58 bits per heavy atom. The van der Waals surface area contributed by atoms with Gasteiger partial charge in [-0.15, -0.1) is 5.10 Å². The third-order valence-corrected chi connectivity index (χ3v) is 3.31. The van der Waals surface area contributed by atoms with Crippen molar-refractivity contribution in [2.75, 3.05) is 13.1 Å². The van der Waals surface area contributed by atoms with Crippen LogP contribution in [0.15, 0.2) is 18.3 Å². The van der Waals surface area contributed by atoms with Crippen LogP contribution in [-0.4, -0.2) is 40.2 Å². The summed E-state index contributed by atoms with van der Waals surface area (Å²) in [5.41, 5.74) is 0. The van der Waals surface area contributed by atoms with Gasteiger partial charge in [0, 0.05) is 25.2 Å². The molecule has 104 valence electrons. The van der Waals surface area contributed by atoms with Crippen LogP contribution in [0.3, 0.4) is 0 Å². The van der Waals surface area contributed by atoms with Crippen LogP contribution < -0.4 is 4.74 Å². The number of ether oxygens (including phenoxy) is 1. The molecule has 2 heterocycles. The van der Waals surface area contributed by atoms with Gasteiger partial charge in [-0.25, -0.2) is 0 Å². The van der Waals surface area contributed by atoms with Crippen molar-refractivity contribution in [2.45, 2.75) is 45.1 Å². The molecule has 2 rings (SSSR count). The first-order chi connectivity index (χ1) is 9.29. The lowest BCUT2D eigenvalue weighted by atomic mass is 10.1. The summed E-state index contributed by atoms with van der Waals surface area (Å²) < 4.78 is 5.77. The molecule has 0 radical (unpaired) electrons. The van der Waals surface area contributed by atoms with Crippen LogP contribution in [0.1, 0.15) is 39.0 Å². The number of piperidine rings is 1. The van der Waals surface area contributed by atoms with Gasteiger partial charge in [0.15, 0.2) is 0 Å². The lowest BCUT2D eigenvalue weighted by Gasteiger charge is -2.32. The highest BCUT2D eigenvalue weighted by atomic mass is 16.5. The summed E-state index contributed by atoms with van der Waals surface area (Å²) in [6, 6.07) is 3.60. The van der Waals surface area contributed by atoms with Crippen molar-refractivity contribution in [1.82, 2.24) is 15.1 Å². The Bertz CT molecular complexity index is 397. The number of amides is 1. The average Bonchev–Trinajstić information content (AvgIpc) is 2.46. The summed E-state index contributed by atoms with van der Waals surface area (Å²) in [6.07, 6.45) is 6.28. The van der Waals surface area contributed by atoms with Gasteiger partial charge in [0.1, 0.15) is 6.10 Å². The number of unbranched alkanes of at least 4 members (excludes halogenated alkanes) is 1. The number of carbonyl (C=O) groups excluding carboxylic acids is 1. The van der Waals surface area contributed by atoms with Crippen LogP contribution in [0, 0.1) is 0 Å². The summed E-state index contributed by atoms with van der Waals surface area (Å²) >= 11 is 0. The van der Waals surface area contributed by atoms with Crippen molar-refractivity contribution in [3.63, 3.8) is 0 Å². The Morgan fingerprint density at radius 3 is 3.21 bits per heavy atom. The van der Waals surface area contributed by atoms with Crippen LogP contribution in [0.2, 0.25) is 0 Å². The first-order valence-corrected chi connectivity index (χ1v) is 7.01. The van der Waals surface area contributed by atoms with E-state index < -0.39 is 0 Å². The van der Waals surface area contributed by atoms with Gasteiger partial charge in [-0.05, 0) is 25.3 Å². The zero-order valence-electron chi connectivity index (χ0n) is 11.4. The van der Waals surface area contributed by atoms with Crippen LogP contribution in [0.5, 0.6) is 5.88 Å². The molecule has 5 nitrogen and oxygen atoms in total. The maximum absolute atomic E-state index is 12.0. The van der Waals surface area contributed by atoms with E-state index in [0.29, 0.717) is 18.8 Å². The van der Waals surface area contributed by atoms with E-state index in [0.717, 1.165) is 32.2 Å². The zero-order valence-corrected chi connectivity index (χ0v) is 11.4. The van der Waals surface area contributed by atoms with Crippen molar-refractivity contribution >= 4 is 5.91 Å². The molecular weight excluding hydrogens is 242 g/mol. The normalized spacial score (nSPS) is 19.2. The van der Waals surface area contributed by atoms with Gasteiger partial charge in [-0.3, -0.25) is 4.79 Å². The predicted octanol–water partition coefficient (Wildman–Crippen LogP) is 2.04. The fourth-order valence-electron chi connectivity index (χ4n) is 2.27. The van der Waals surface area contributed by atoms with Gasteiger partial charge in [0.2, 0.25) is 11.8 Å². The second-order valence-electron chi connectivity index (χ2n) is 4.89. The van der Waals surface area contributed by atoms with Crippen molar-refractivity contribution < 1.29 is 9.53 Å². The van der Waals surface area contributed by atoms with Crippen LogP contribution in [0.25, 0.3) is 0 Å². The molecular formula is C14H21N3O2. The van der Waals surface area contributed by atoms with E-state index in [1.807, 2.05) is 4.90 Å². The Kier molecular flexibility index (Phi) is 5.12. The van der Waals surface area contributed by atoms with Crippen molar-refractivity contribution in [3.8, 4) is 5.88 Å². The van der Waals surface area contributed by atoms with E-state index >= 15 is 0 Å². The number of hydrogen-bond donors (Lipinski definition) is 0. The van der Waals surface area contributed by atoms with Gasteiger partial charge in [0.25, 0.3) is 0 Å². The first kappa shape index (κ1) is 13.8. The molecule has 1 atom stereocenters. The van der Waals surface area contributed by atoms with E-state index in [2.05, 4.69) is 17.1 Å². The SMILES string of the molecule is CCCCC(=O)N1CCCC(Oc2cccnn2)C1. The second kappa shape index (κ2) is 7.07. The first-order valence-electron chi connectivity index (χ1n) is 7.01. The Morgan fingerprint density at radius 2 is 2.47 bits per heavy atom. The Labute approximate surface area is 114 Å². The highest BCUT2D eigenvalue weighted by molar-refractivity contribution is 5.76. The maximum Gasteiger partial charge on any atom is 0.233 e. The van der Waals surface area contributed by atoms with E-state index in [1.54, 1.807) is 18.3 Å². The summed E-state index contributed by atoms with van der Waals surface area (Å²) in [4.78, 5) is 13.9. The zero-order chi connectivity index (χ0) is 13.5. The monoisotopic (exact) mass is 263 g/mol. The summed E-state index contributed by atoms with van der Waals surface area (Å²) in [7, 11) is 0. The van der Waals surface area contributed by atoms with Gasteiger partial charge in [-0.2, -0.15) is 5.10 Å². The van der Waals surface area contributed by atoms with Gasteiger partial charge in [0.05, 0.1) is 6.54 Å². The molecule has 0 saturated carbocycles. The highest BCUT2D eigenvalue weighted by Crippen LogP contribution is 2.17. The lowest BCUT2D eigenvalue weighted by Crippen LogP contribution is -2.44.